The first-order valence-corrected chi connectivity index (χ1v) is 11.6. The minimum absolute atomic E-state index is 0.200. The third-order valence-electron chi connectivity index (χ3n) is 6.29. The number of aromatic nitrogens is 4. The van der Waals surface area contributed by atoms with Gasteiger partial charge in [0.2, 0.25) is 17.7 Å². The zero-order chi connectivity index (χ0) is 27.0. The molecule has 4 aromatic rings. The number of benzene rings is 2. The van der Waals surface area contributed by atoms with Crippen molar-refractivity contribution in [2.45, 2.75) is 18.8 Å². The smallest absolute Gasteiger partial charge is 0.249 e. The maximum Gasteiger partial charge on any atom is 0.249 e. The van der Waals surface area contributed by atoms with Crippen molar-refractivity contribution in [1.29, 1.82) is 0 Å². The minimum atomic E-state index is -2.80. The van der Waals surface area contributed by atoms with Gasteiger partial charge in [0.1, 0.15) is 23.3 Å². The molecule has 0 radical (unpaired) electrons. The number of fused-ring (bicyclic) bond motifs is 1. The van der Waals surface area contributed by atoms with Crippen LogP contribution in [0.5, 0.6) is 5.75 Å². The lowest BCUT2D eigenvalue weighted by molar-refractivity contribution is -0.145. The van der Waals surface area contributed by atoms with E-state index in [-0.39, 0.29) is 11.7 Å². The van der Waals surface area contributed by atoms with Gasteiger partial charge in [-0.1, -0.05) is 24.8 Å². The topological polar surface area (TPSA) is 137 Å². The van der Waals surface area contributed by atoms with E-state index in [1.807, 2.05) is 0 Å². The Morgan fingerprint density at radius 2 is 1.87 bits per heavy atom. The monoisotopic (exact) mass is 519 g/mol. The number of ether oxygens (including phenoxy) is 1. The lowest BCUT2D eigenvalue weighted by Gasteiger charge is -2.33. The number of rotatable bonds is 7. The summed E-state index contributed by atoms with van der Waals surface area (Å²) in [6.07, 6.45) is 1.52. The van der Waals surface area contributed by atoms with Crippen LogP contribution in [0.1, 0.15) is 12.8 Å². The van der Waals surface area contributed by atoms with E-state index < -0.39 is 30.6 Å². The number of anilines is 3. The summed E-state index contributed by atoms with van der Waals surface area (Å²) in [6, 6.07) is 12.1. The van der Waals surface area contributed by atoms with Gasteiger partial charge in [-0.05, 0) is 35.9 Å². The van der Waals surface area contributed by atoms with Crippen LogP contribution >= 0.6 is 0 Å². The molecule has 194 valence electrons. The van der Waals surface area contributed by atoms with Crippen molar-refractivity contribution in [2.75, 3.05) is 23.5 Å². The van der Waals surface area contributed by atoms with Crippen LogP contribution < -0.4 is 21.1 Å². The Labute approximate surface area is 215 Å². The first-order valence-electron chi connectivity index (χ1n) is 11.6. The highest BCUT2D eigenvalue weighted by Gasteiger charge is 2.48. The fraction of sp³-hybridized carbons (Fsp3) is 0.192. The highest BCUT2D eigenvalue weighted by molar-refractivity contribution is 6.00. The molecule has 2 heterocycles. The predicted molar refractivity (Wildman–Crippen MR) is 138 cm³/mol. The van der Waals surface area contributed by atoms with Gasteiger partial charge in [-0.3, -0.25) is 9.59 Å². The fourth-order valence-electron chi connectivity index (χ4n) is 4.33. The van der Waals surface area contributed by atoms with Crippen molar-refractivity contribution in [1.82, 2.24) is 19.8 Å². The Morgan fingerprint density at radius 3 is 2.53 bits per heavy atom. The van der Waals surface area contributed by atoms with E-state index in [4.69, 9.17) is 10.5 Å². The predicted octanol–water partition coefficient (Wildman–Crippen LogP) is 4.16. The first kappa shape index (κ1) is 24.8. The molecule has 2 aromatic carbocycles. The normalized spacial score (nSPS) is 14.5. The molecule has 2 amide bonds. The number of nitrogens with zero attached hydrogens (tertiary/aromatic N) is 4. The average Bonchev–Trinajstić information content (AvgIpc) is 3.28. The van der Waals surface area contributed by atoms with Crippen molar-refractivity contribution in [3.8, 4) is 28.1 Å². The second-order valence-electron chi connectivity index (χ2n) is 8.84. The van der Waals surface area contributed by atoms with Crippen LogP contribution in [0.4, 0.5) is 26.0 Å². The van der Waals surface area contributed by atoms with E-state index in [0.717, 1.165) is 0 Å². The highest BCUT2D eigenvalue weighted by Crippen LogP contribution is 2.44. The number of alkyl halides is 2. The molecule has 1 fully saturated rings. The van der Waals surface area contributed by atoms with E-state index in [2.05, 4.69) is 32.4 Å². The molecule has 38 heavy (non-hydrogen) atoms. The molecule has 1 aliphatic rings. The van der Waals surface area contributed by atoms with Crippen molar-refractivity contribution >= 4 is 34.5 Å². The van der Waals surface area contributed by atoms with Gasteiger partial charge in [0, 0.05) is 35.6 Å². The fourth-order valence-corrected chi connectivity index (χ4v) is 4.33. The van der Waals surface area contributed by atoms with Crippen LogP contribution in [0.3, 0.4) is 0 Å². The molecular formula is C26H23F2N7O3. The minimum Gasteiger partial charge on any atom is -0.495 e. The molecule has 0 unspecified atom stereocenters. The molecule has 1 aliphatic carbocycles. The number of carbonyl (C=O) groups excluding carboxylic acids is 2. The number of halogens is 2. The summed E-state index contributed by atoms with van der Waals surface area (Å²) in [6.45, 7) is 3.44. The van der Waals surface area contributed by atoms with Crippen molar-refractivity contribution in [3.05, 3.63) is 61.4 Å². The number of nitrogens with two attached hydrogens (primary N) is 1. The van der Waals surface area contributed by atoms with Crippen molar-refractivity contribution < 1.29 is 23.1 Å². The lowest BCUT2D eigenvalue weighted by atomic mass is 9.80. The molecule has 1 saturated carbocycles. The van der Waals surface area contributed by atoms with Gasteiger partial charge in [-0.15, -0.1) is 14.8 Å². The van der Waals surface area contributed by atoms with E-state index in [1.165, 1.54) is 24.1 Å². The summed E-state index contributed by atoms with van der Waals surface area (Å²) >= 11 is 0. The summed E-state index contributed by atoms with van der Waals surface area (Å²) in [5, 5.41) is 14.2. The largest absolute Gasteiger partial charge is 0.495 e. The number of hydrogen-bond donors (Lipinski definition) is 3. The molecule has 2 aromatic heterocycles. The van der Waals surface area contributed by atoms with Crippen molar-refractivity contribution in [3.63, 3.8) is 0 Å². The SMILES string of the molecule is C=CC(=O)Nc1ccc(-c2nn3ncnc(N)c3c2-c2ccc(NC(=O)C3CC(F)(F)C3)c(OC)c2)cc1. The first-order chi connectivity index (χ1) is 18.2. The molecule has 4 N–H and O–H groups in total. The molecule has 0 spiro atoms. The second-order valence-corrected chi connectivity index (χ2v) is 8.84. The van der Waals surface area contributed by atoms with Gasteiger partial charge >= 0.3 is 0 Å². The zero-order valence-electron chi connectivity index (χ0n) is 20.2. The summed E-state index contributed by atoms with van der Waals surface area (Å²) in [7, 11) is 1.44. The van der Waals surface area contributed by atoms with Crippen LogP contribution in [0.25, 0.3) is 27.9 Å². The summed E-state index contributed by atoms with van der Waals surface area (Å²) in [5.41, 5.74) is 10.1. The number of hydrogen-bond acceptors (Lipinski definition) is 7. The molecule has 0 bridgehead atoms. The molecule has 0 aliphatic heterocycles. The Bertz CT molecular complexity index is 1560. The standard InChI is InChI=1S/C26H23F2N7O3/c1-3-20(36)32-17-7-4-14(5-8-17)22-21(23-24(29)30-13-31-35(23)34-22)15-6-9-18(19(10-15)38-2)33-25(37)16-11-26(27,28)12-16/h3-10,13,16H,1,11-12H2,2H3,(H,32,36)(H,33,37)(H2,29,30,31). The highest BCUT2D eigenvalue weighted by atomic mass is 19.3. The molecule has 0 atom stereocenters. The third kappa shape index (κ3) is 4.63. The molecule has 10 nitrogen and oxygen atoms in total. The zero-order valence-corrected chi connectivity index (χ0v) is 20.2. The van der Waals surface area contributed by atoms with E-state index >= 15 is 0 Å². The Kier molecular flexibility index (Phi) is 6.23. The van der Waals surface area contributed by atoms with E-state index in [0.29, 0.717) is 45.0 Å². The van der Waals surface area contributed by atoms with Crippen LogP contribution in [-0.4, -0.2) is 44.7 Å². The van der Waals surface area contributed by atoms with Crippen LogP contribution in [-0.2, 0) is 9.59 Å². The van der Waals surface area contributed by atoms with Crippen LogP contribution in [0.15, 0.2) is 61.4 Å². The maximum atomic E-state index is 13.2. The van der Waals surface area contributed by atoms with Gasteiger partial charge < -0.3 is 21.1 Å². The molecular weight excluding hydrogens is 496 g/mol. The molecule has 5 rings (SSSR count). The number of carbonyl (C=O) groups is 2. The number of amides is 2. The second kappa shape index (κ2) is 9.54. The third-order valence-corrected chi connectivity index (χ3v) is 6.29. The molecule has 0 saturated heterocycles. The van der Waals surface area contributed by atoms with Gasteiger partial charge in [0.15, 0.2) is 5.82 Å². The van der Waals surface area contributed by atoms with E-state index in [1.54, 1.807) is 42.5 Å². The summed E-state index contributed by atoms with van der Waals surface area (Å²) < 4.78 is 33.3. The Morgan fingerprint density at radius 1 is 1.16 bits per heavy atom. The van der Waals surface area contributed by atoms with Gasteiger partial charge in [0.05, 0.1) is 12.8 Å². The average molecular weight is 520 g/mol. The Hall–Kier alpha value is -4.87. The van der Waals surface area contributed by atoms with E-state index in [9.17, 15) is 18.4 Å². The van der Waals surface area contributed by atoms with Gasteiger partial charge in [-0.25, -0.2) is 13.8 Å². The number of nitrogen functional groups attached to an aromatic ring is 1. The summed E-state index contributed by atoms with van der Waals surface area (Å²) in [4.78, 5) is 28.2. The van der Waals surface area contributed by atoms with Crippen LogP contribution in [0, 0.1) is 5.92 Å². The number of methoxy groups -OCH3 is 1. The maximum absolute atomic E-state index is 13.2. The quantitative estimate of drug-likeness (QED) is 0.312. The Balaban J connectivity index is 1.54. The van der Waals surface area contributed by atoms with Crippen LogP contribution in [0.2, 0.25) is 0 Å². The van der Waals surface area contributed by atoms with Crippen molar-refractivity contribution in [2.24, 2.45) is 5.92 Å². The summed E-state index contributed by atoms with van der Waals surface area (Å²) in [5.74, 6) is -3.85. The lowest BCUT2D eigenvalue weighted by Crippen LogP contribution is -2.42. The van der Waals surface area contributed by atoms with Gasteiger partial charge in [-0.2, -0.15) is 0 Å². The molecule has 12 heteroatoms. The van der Waals surface area contributed by atoms with Gasteiger partial charge in [0.25, 0.3) is 0 Å². The number of nitrogens with one attached hydrogen (secondary N) is 2.